The molecule has 130 valence electrons. The van der Waals surface area contributed by atoms with E-state index in [-0.39, 0.29) is 24.1 Å². The molecule has 2 aromatic rings. The van der Waals surface area contributed by atoms with Crippen LogP contribution in [0.2, 0.25) is 0 Å². The number of hydrogen-bond donors (Lipinski definition) is 1. The number of nitrogens with zero attached hydrogens (tertiary/aromatic N) is 3. The summed E-state index contributed by atoms with van der Waals surface area (Å²) in [5.74, 6) is 0. The summed E-state index contributed by atoms with van der Waals surface area (Å²) < 4.78 is 29.7. The standard InChI is InChI=1S/C17H23N3O3S/c1-12-17(13(2)19(3)18-12)24(22,23)20(10-11-21)16-9-8-14-6-4-5-7-15(14)16/h4-7,16,21H,8-11H2,1-3H3. The molecule has 0 radical (unpaired) electrons. The molecule has 1 atom stereocenters. The average molecular weight is 349 g/mol. The van der Waals surface area contributed by atoms with Crippen molar-refractivity contribution >= 4 is 10.0 Å². The highest BCUT2D eigenvalue weighted by molar-refractivity contribution is 7.89. The third-order valence-electron chi connectivity index (χ3n) is 4.78. The Balaban J connectivity index is 2.09. The van der Waals surface area contributed by atoms with E-state index in [1.54, 1.807) is 25.6 Å². The fourth-order valence-electron chi connectivity index (χ4n) is 3.62. The van der Waals surface area contributed by atoms with E-state index < -0.39 is 10.0 Å². The summed E-state index contributed by atoms with van der Waals surface area (Å²) in [6.07, 6.45) is 1.58. The van der Waals surface area contributed by atoms with Crippen LogP contribution in [0, 0.1) is 13.8 Å². The molecule has 1 N–H and O–H groups in total. The summed E-state index contributed by atoms with van der Waals surface area (Å²) in [6, 6.07) is 7.69. The van der Waals surface area contributed by atoms with Gasteiger partial charge in [-0.25, -0.2) is 8.42 Å². The molecule has 3 rings (SSSR count). The Hall–Kier alpha value is -1.70. The molecule has 0 fully saturated rings. The molecule has 1 aromatic heterocycles. The summed E-state index contributed by atoms with van der Waals surface area (Å²) >= 11 is 0. The van der Waals surface area contributed by atoms with E-state index in [4.69, 9.17) is 0 Å². The van der Waals surface area contributed by atoms with Crippen LogP contribution in [0.5, 0.6) is 0 Å². The lowest BCUT2D eigenvalue weighted by Crippen LogP contribution is -2.36. The zero-order valence-electron chi connectivity index (χ0n) is 14.2. The maximum atomic E-state index is 13.3. The molecule has 0 saturated heterocycles. The molecule has 1 aromatic carbocycles. The van der Waals surface area contributed by atoms with Gasteiger partial charge >= 0.3 is 0 Å². The van der Waals surface area contributed by atoms with Crippen molar-refractivity contribution in [1.29, 1.82) is 0 Å². The van der Waals surface area contributed by atoms with Gasteiger partial charge in [0.05, 0.1) is 24.0 Å². The summed E-state index contributed by atoms with van der Waals surface area (Å²) in [5, 5.41) is 13.7. The highest BCUT2D eigenvalue weighted by Crippen LogP contribution is 2.39. The molecular formula is C17H23N3O3S. The number of rotatable bonds is 5. The number of hydrogen-bond acceptors (Lipinski definition) is 4. The number of aryl methyl sites for hydroxylation is 3. The topological polar surface area (TPSA) is 75.4 Å². The smallest absolute Gasteiger partial charge is 0.247 e. The van der Waals surface area contributed by atoms with Crippen LogP contribution < -0.4 is 0 Å². The van der Waals surface area contributed by atoms with E-state index in [0.717, 1.165) is 18.4 Å². The van der Waals surface area contributed by atoms with E-state index in [1.807, 2.05) is 24.3 Å². The molecule has 24 heavy (non-hydrogen) atoms. The molecular weight excluding hydrogens is 326 g/mol. The second kappa shape index (κ2) is 6.31. The van der Waals surface area contributed by atoms with Crippen molar-refractivity contribution in [2.24, 2.45) is 7.05 Å². The molecule has 7 heteroatoms. The number of sulfonamides is 1. The van der Waals surface area contributed by atoms with Crippen molar-refractivity contribution in [3.8, 4) is 0 Å². The number of aliphatic hydroxyl groups is 1. The first-order valence-electron chi connectivity index (χ1n) is 8.08. The SMILES string of the molecule is Cc1nn(C)c(C)c1S(=O)(=O)N(CCO)C1CCc2ccccc21. The molecule has 0 amide bonds. The number of benzene rings is 1. The average Bonchev–Trinajstić information content (AvgIpc) is 3.06. The van der Waals surface area contributed by atoms with Crippen molar-refractivity contribution in [2.45, 2.75) is 37.6 Å². The molecule has 0 bridgehead atoms. The first kappa shape index (κ1) is 17.1. The lowest BCUT2D eigenvalue weighted by molar-refractivity contribution is 0.225. The van der Waals surface area contributed by atoms with Gasteiger partial charge in [0.25, 0.3) is 0 Å². The molecule has 1 aliphatic rings. The van der Waals surface area contributed by atoms with Gasteiger partial charge in [0, 0.05) is 13.6 Å². The Morgan fingerprint density at radius 3 is 2.67 bits per heavy atom. The minimum absolute atomic E-state index is 0.0785. The van der Waals surface area contributed by atoms with E-state index in [2.05, 4.69) is 5.10 Å². The first-order chi connectivity index (χ1) is 11.4. The first-order valence-corrected chi connectivity index (χ1v) is 9.52. The van der Waals surface area contributed by atoms with Gasteiger partial charge in [0.15, 0.2) is 0 Å². The maximum Gasteiger partial charge on any atom is 0.247 e. The molecule has 1 heterocycles. The quantitative estimate of drug-likeness (QED) is 0.892. The number of aromatic nitrogens is 2. The van der Waals surface area contributed by atoms with Crippen LogP contribution in [0.4, 0.5) is 0 Å². The van der Waals surface area contributed by atoms with Crippen molar-refractivity contribution in [3.63, 3.8) is 0 Å². The zero-order chi connectivity index (χ0) is 17.5. The normalized spacial score (nSPS) is 17.5. The Morgan fingerprint density at radius 2 is 2.04 bits per heavy atom. The van der Waals surface area contributed by atoms with E-state index in [1.165, 1.54) is 9.87 Å². The number of fused-ring (bicyclic) bond motifs is 1. The molecule has 6 nitrogen and oxygen atoms in total. The third kappa shape index (κ3) is 2.66. The molecule has 0 saturated carbocycles. The second-order valence-corrected chi connectivity index (χ2v) is 8.04. The summed E-state index contributed by atoms with van der Waals surface area (Å²) in [4.78, 5) is 0.253. The zero-order valence-corrected chi connectivity index (χ0v) is 15.0. The third-order valence-corrected chi connectivity index (χ3v) is 6.94. The second-order valence-electron chi connectivity index (χ2n) is 6.22. The van der Waals surface area contributed by atoms with Crippen molar-refractivity contribution in [2.75, 3.05) is 13.2 Å². The lowest BCUT2D eigenvalue weighted by atomic mass is 10.1. The molecule has 0 aliphatic heterocycles. The van der Waals surface area contributed by atoms with E-state index >= 15 is 0 Å². The van der Waals surface area contributed by atoms with Crippen LogP contribution in [-0.2, 0) is 23.5 Å². The monoisotopic (exact) mass is 349 g/mol. The summed E-state index contributed by atoms with van der Waals surface area (Å²) in [5.41, 5.74) is 3.32. The molecule has 1 unspecified atom stereocenters. The highest BCUT2D eigenvalue weighted by atomic mass is 32.2. The Kier molecular flexibility index (Phi) is 4.50. The summed E-state index contributed by atoms with van der Waals surface area (Å²) in [6.45, 7) is 3.33. The predicted molar refractivity (Wildman–Crippen MR) is 91.2 cm³/mol. The summed E-state index contributed by atoms with van der Waals surface area (Å²) in [7, 11) is -2.00. The fourth-order valence-corrected chi connectivity index (χ4v) is 5.65. The van der Waals surface area contributed by atoms with Gasteiger partial charge in [0.2, 0.25) is 10.0 Å². The fraction of sp³-hybridized carbons (Fsp3) is 0.471. The highest BCUT2D eigenvalue weighted by Gasteiger charge is 2.38. The lowest BCUT2D eigenvalue weighted by Gasteiger charge is -2.28. The number of aliphatic hydroxyl groups excluding tert-OH is 1. The Morgan fingerprint density at radius 1 is 1.33 bits per heavy atom. The predicted octanol–water partition coefficient (Wildman–Crippen LogP) is 1.71. The van der Waals surface area contributed by atoms with Crippen LogP contribution in [-0.4, -0.2) is 40.8 Å². The van der Waals surface area contributed by atoms with Crippen LogP contribution in [0.15, 0.2) is 29.2 Å². The van der Waals surface area contributed by atoms with Crippen LogP contribution >= 0.6 is 0 Å². The van der Waals surface area contributed by atoms with Crippen LogP contribution in [0.25, 0.3) is 0 Å². The van der Waals surface area contributed by atoms with Gasteiger partial charge in [-0.15, -0.1) is 0 Å². The van der Waals surface area contributed by atoms with Crippen molar-refractivity contribution < 1.29 is 13.5 Å². The molecule has 0 spiro atoms. The van der Waals surface area contributed by atoms with E-state index in [0.29, 0.717) is 11.4 Å². The van der Waals surface area contributed by atoms with E-state index in [9.17, 15) is 13.5 Å². The van der Waals surface area contributed by atoms with Crippen molar-refractivity contribution in [1.82, 2.24) is 14.1 Å². The van der Waals surface area contributed by atoms with Gasteiger partial charge in [-0.2, -0.15) is 9.40 Å². The van der Waals surface area contributed by atoms with Crippen LogP contribution in [0.3, 0.4) is 0 Å². The van der Waals surface area contributed by atoms with Gasteiger partial charge in [-0.05, 0) is 37.8 Å². The Bertz CT molecular complexity index is 858. The van der Waals surface area contributed by atoms with Gasteiger partial charge in [0.1, 0.15) is 4.90 Å². The van der Waals surface area contributed by atoms with Gasteiger partial charge in [-0.3, -0.25) is 4.68 Å². The van der Waals surface area contributed by atoms with Gasteiger partial charge < -0.3 is 5.11 Å². The largest absolute Gasteiger partial charge is 0.395 e. The van der Waals surface area contributed by atoms with Crippen LogP contribution in [0.1, 0.15) is 35.0 Å². The van der Waals surface area contributed by atoms with Gasteiger partial charge in [-0.1, -0.05) is 24.3 Å². The minimum atomic E-state index is -3.74. The minimum Gasteiger partial charge on any atom is -0.395 e. The Labute approximate surface area is 142 Å². The maximum absolute atomic E-state index is 13.3. The molecule has 1 aliphatic carbocycles. The van der Waals surface area contributed by atoms with Crippen molar-refractivity contribution in [3.05, 3.63) is 46.8 Å².